The van der Waals surface area contributed by atoms with E-state index < -0.39 is 12.0 Å². The largest absolute Gasteiger partial charge is 0.456 e. The summed E-state index contributed by atoms with van der Waals surface area (Å²) in [4.78, 5) is 24.3. The van der Waals surface area contributed by atoms with Crippen LogP contribution in [0.5, 0.6) is 0 Å². The Kier molecular flexibility index (Phi) is 5.52. The summed E-state index contributed by atoms with van der Waals surface area (Å²) < 4.78 is 5.41. The molecule has 1 amide bonds. The summed E-state index contributed by atoms with van der Waals surface area (Å²) in [6.45, 7) is 5.34. The normalized spacial score (nSPS) is 13.0. The summed E-state index contributed by atoms with van der Waals surface area (Å²) in [5.74, 6) is -0.743. The Morgan fingerprint density at radius 3 is 2.35 bits per heavy atom. The number of ether oxygens (including phenoxy) is 1. The lowest BCUT2D eigenvalue weighted by Gasteiger charge is -2.18. The Balaban J connectivity index is 1.93. The van der Waals surface area contributed by atoms with E-state index >= 15 is 0 Å². The third kappa shape index (κ3) is 4.68. The second kappa shape index (κ2) is 7.58. The van der Waals surface area contributed by atoms with Crippen molar-refractivity contribution in [3.8, 4) is 0 Å². The fourth-order valence-electron chi connectivity index (χ4n) is 2.19. The van der Waals surface area contributed by atoms with E-state index in [1.54, 1.807) is 19.1 Å². The van der Waals surface area contributed by atoms with Gasteiger partial charge in [0.2, 0.25) is 0 Å². The van der Waals surface area contributed by atoms with E-state index in [1.807, 2.05) is 56.3 Å². The number of carbonyl (C=O) groups is 2. The predicted octanol–water partition coefficient (Wildman–Crippen LogP) is 3.42. The summed E-state index contributed by atoms with van der Waals surface area (Å²) in [6.07, 6.45) is -0.359. The van der Waals surface area contributed by atoms with E-state index in [0.29, 0.717) is 5.56 Å². The van der Waals surface area contributed by atoms with Crippen LogP contribution in [0, 0.1) is 6.92 Å². The first-order valence-corrected chi connectivity index (χ1v) is 7.60. The molecule has 0 spiro atoms. The first-order valence-electron chi connectivity index (χ1n) is 7.60. The number of aryl methyl sites for hydroxylation is 1. The topological polar surface area (TPSA) is 55.4 Å². The quantitative estimate of drug-likeness (QED) is 0.861. The molecule has 0 unspecified atom stereocenters. The molecule has 0 saturated heterocycles. The molecule has 23 heavy (non-hydrogen) atoms. The summed E-state index contributed by atoms with van der Waals surface area (Å²) in [6, 6.07) is 16.0. The van der Waals surface area contributed by atoms with Crippen molar-refractivity contribution in [2.45, 2.75) is 32.9 Å². The summed E-state index contributed by atoms with van der Waals surface area (Å²) in [7, 11) is 0. The van der Waals surface area contributed by atoms with Crippen molar-refractivity contribution >= 4 is 11.9 Å². The molecular weight excluding hydrogens is 290 g/mol. The lowest BCUT2D eigenvalue weighted by molar-refractivity contribution is -0.150. The minimum Gasteiger partial charge on any atom is -0.456 e. The van der Waals surface area contributed by atoms with Gasteiger partial charge in [0.25, 0.3) is 5.91 Å². The Hall–Kier alpha value is -2.62. The monoisotopic (exact) mass is 311 g/mol. The van der Waals surface area contributed by atoms with Crippen LogP contribution < -0.4 is 5.32 Å². The SMILES string of the molecule is Cc1cccc(C(=O)N[C@H](C)C(=O)O[C@@H](C)c2ccccc2)c1. The van der Waals surface area contributed by atoms with Crippen LogP contribution >= 0.6 is 0 Å². The van der Waals surface area contributed by atoms with Crippen LogP contribution in [0.1, 0.15) is 41.4 Å². The van der Waals surface area contributed by atoms with Crippen molar-refractivity contribution in [3.05, 3.63) is 71.3 Å². The third-order valence-electron chi connectivity index (χ3n) is 3.54. The molecule has 0 bridgehead atoms. The first kappa shape index (κ1) is 16.7. The highest BCUT2D eigenvalue weighted by Gasteiger charge is 2.20. The molecule has 4 heteroatoms. The highest BCUT2D eigenvalue weighted by atomic mass is 16.5. The van der Waals surface area contributed by atoms with Gasteiger partial charge in [0.1, 0.15) is 12.1 Å². The smallest absolute Gasteiger partial charge is 0.328 e. The third-order valence-corrected chi connectivity index (χ3v) is 3.54. The number of rotatable bonds is 5. The molecule has 0 radical (unpaired) electrons. The standard InChI is InChI=1S/C19H21NO3/c1-13-8-7-11-17(12-13)18(21)20-14(2)19(22)23-15(3)16-9-5-4-6-10-16/h4-12,14-15H,1-3H3,(H,20,21)/t14-,15+/m1/s1. The maximum Gasteiger partial charge on any atom is 0.328 e. The highest BCUT2D eigenvalue weighted by molar-refractivity contribution is 5.96. The zero-order valence-corrected chi connectivity index (χ0v) is 13.6. The van der Waals surface area contributed by atoms with Crippen LogP contribution in [-0.2, 0) is 9.53 Å². The minimum absolute atomic E-state index is 0.287. The Labute approximate surface area is 136 Å². The molecule has 0 aliphatic carbocycles. The molecule has 0 saturated carbocycles. The van der Waals surface area contributed by atoms with E-state index in [1.165, 1.54) is 0 Å². The molecule has 1 N–H and O–H groups in total. The minimum atomic E-state index is -0.714. The van der Waals surface area contributed by atoms with Crippen molar-refractivity contribution in [2.75, 3.05) is 0 Å². The van der Waals surface area contributed by atoms with E-state index in [9.17, 15) is 9.59 Å². The predicted molar refractivity (Wildman–Crippen MR) is 89.1 cm³/mol. The van der Waals surface area contributed by atoms with Crippen LogP contribution in [0.3, 0.4) is 0 Å². The number of amides is 1. The molecular formula is C19H21NO3. The molecule has 2 aromatic carbocycles. The molecule has 0 aliphatic rings. The van der Waals surface area contributed by atoms with Crippen molar-refractivity contribution in [1.29, 1.82) is 0 Å². The van der Waals surface area contributed by atoms with Gasteiger partial charge in [-0.15, -0.1) is 0 Å². The lowest BCUT2D eigenvalue weighted by Crippen LogP contribution is -2.39. The summed E-state index contributed by atoms with van der Waals surface area (Å²) >= 11 is 0. The van der Waals surface area contributed by atoms with Crippen LogP contribution in [-0.4, -0.2) is 17.9 Å². The number of esters is 1. The van der Waals surface area contributed by atoms with E-state index in [4.69, 9.17) is 4.74 Å². The first-order chi connectivity index (χ1) is 11.0. The molecule has 2 rings (SSSR count). The average Bonchev–Trinajstić information content (AvgIpc) is 2.55. The summed E-state index contributed by atoms with van der Waals surface area (Å²) in [5, 5.41) is 2.67. The van der Waals surface area contributed by atoms with Crippen LogP contribution in [0.2, 0.25) is 0 Å². The Morgan fingerprint density at radius 1 is 1.00 bits per heavy atom. The molecule has 4 nitrogen and oxygen atoms in total. The van der Waals surface area contributed by atoms with Gasteiger partial charge in [-0.25, -0.2) is 4.79 Å². The van der Waals surface area contributed by atoms with Gasteiger partial charge in [-0.3, -0.25) is 4.79 Å². The van der Waals surface area contributed by atoms with Gasteiger partial charge < -0.3 is 10.1 Å². The van der Waals surface area contributed by atoms with Gasteiger partial charge in [0.05, 0.1) is 0 Å². The van der Waals surface area contributed by atoms with E-state index in [-0.39, 0.29) is 12.0 Å². The van der Waals surface area contributed by atoms with E-state index in [0.717, 1.165) is 11.1 Å². The van der Waals surface area contributed by atoms with Gasteiger partial charge in [0.15, 0.2) is 0 Å². The number of hydrogen-bond donors (Lipinski definition) is 1. The van der Waals surface area contributed by atoms with Crippen molar-refractivity contribution in [3.63, 3.8) is 0 Å². The van der Waals surface area contributed by atoms with Crippen LogP contribution in [0.4, 0.5) is 0 Å². The molecule has 0 aromatic heterocycles. The molecule has 2 aromatic rings. The Morgan fingerprint density at radius 2 is 1.70 bits per heavy atom. The number of benzene rings is 2. The fourth-order valence-corrected chi connectivity index (χ4v) is 2.19. The highest BCUT2D eigenvalue weighted by Crippen LogP contribution is 2.16. The number of hydrogen-bond acceptors (Lipinski definition) is 3. The average molecular weight is 311 g/mol. The fraction of sp³-hybridized carbons (Fsp3) is 0.263. The van der Waals surface area contributed by atoms with Crippen molar-refractivity contribution in [1.82, 2.24) is 5.32 Å². The zero-order chi connectivity index (χ0) is 16.8. The van der Waals surface area contributed by atoms with Crippen LogP contribution in [0.15, 0.2) is 54.6 Å². The number of nitrogens with one attached hydrogen (secondary N) is 1. The second-order valence-corrected chi connectivity index (χ2v) is 5.55. The summed E-state index contributed by atoms with van der Waals surface area (Å²) in [5.41, 5.74) is 2.43. The second-order valence-electron chi connectivity index (χ2n) is 5.55. The molecule has 120 valence electrons. The van der Waals surface area contributed by atoms with Gasteiger partial charge in [-0.05, 0) is 38.5 Å². The molecule has 0 aliphatic heterocycles. The Bertz CT molecular complexity index is 682. The van der Waals surface area contributed by atoms with Gasteiger partial charge in [0, 0.05) is 5.56 Å². The zero-order valence-electron chi connectivity index (χ0n) is 13.6. The van der Waals surface area contributed by atoms with Crippen molar-refractivity contribution in [2.24, 2.45) is 0 Å². The molecule has 2 atom stereocenters. The van der Waals surface area contributed by atoms with Gasteiger partial charge in [-0.2, -0.15) is 0 Å². The maximum atomic E-state index is 12.1. The van der Waals surface area contributed by atoms with E-state index in [2.05, 4.69) is 5.32 Å². The number of carbonyl (C=O) groups excluding carboxylic acids is 2. The molecule has 0 heterocycles. The van der Waals surface area contributed by atoms with Gasteiger partial charge in [-0.1, -0.05) is 48.0 Å². The molecule has 0 fully saturated rings. The van der Waals surface area contributed by atoms with Crippen LogP contribution in [0.25, 0.3) is 0 Å². The van der Waals surface area contributed by atoms with Crippen molar-refractivity contribution < 1.29 is 14.3 Å². The maximum absolute atomic E-state index is 12.1. The van der Waals surface area contributed by atoms with Gasteiger partial charge >= 0.3 is 5.97 Å². The lowest BCUT2D eigenvalue weighted by atomic mass is 10.1.